The van der Waals surface area contributed by atoms with Crippen molar-refractivity contribution in [3.63, 3.8) is 0 Å². The highest BCUT2D eigenvalue weighted by atomic mass is 32.1. The van der Waals surface area contributed by atoms with E-state index < -0.39 is 0 Å². The van der Waals surface area contributed by atoms with E-state index in [0.29, 0.717) is 11.7 Å². The van der Waals surface area contributed by atoms with Crippen LogP contribution in [0.5, 0.6) is 5.75 Å². The molecule has 0 radical (unpaired) electrons. The minimum Gasteiger partial charge on any atom is -0.494 e. The maximum absolute atomic E-state index is 5.59. The van der Waals surface area contributed by atoms with Gasteiger partial charge in [0.05, 0.1) is 18.0 Å². The van der Waals surface area contributed by atoms with Crippen molar-refractivity contribution in [2.75, 3.05) is 12.3 Å². The second-order valence-corrected chi connectivity index (χ2v) is 4.58. The lowest BCUT2D eigenvalue weighted by Crippen LogP contribution is -1.89. The van der Waals surface area contributed by atoms with E-state index in [9.17, 15) is 0 Å². The normalized spacial score (nSPS) is 11.0. The highest BCUT2D eigenvalue weighted by Crippen LogP contribution is 2.30. The Balaban J connectivity index is 2.11. The molecule has 1 aromatic heterocycles. The van der Waals surface area contributed by atoms with E-state index in [1.54, 1.807) is 0 Å². The van der Waals surface area contributed by atoms with Crippen LogP contribution >= 0.6 is 11.3 Å². The van der Waals surface area contributed by atoms with Gasteiger partial charge in [-0.1, -0.05) is 11.3 Å². The molecule has 5 nitrogen and oxygen atoms in total. The molecular weight excluding hydrogens is 248 g/mol. The molecule has 0 spiro atoms. The molecule has 0 atom stereocenters. The molecule has 2 aromatic rings. The molecule has 0 saturated carbocycles. The number of rotatable bonds is 4. The van der Waals surface area contributed by atoms with Gasteiger partial charge < -0.3 is 10.5 Å². The first-order valence-corrected chi connectivity index (χ1v) is 6.38. The number of hydrogen-bond donors (Lipinski definition) is 1. The monoisotopic (exact) mass is 262 g/mol. The number of nitrogens with two attached hydrogens (primary N) is 1. The van der Waals surface area contributed by atoms with Gasteiger partial charge in [0.2, 0.25) is 0 Å². The molecule has 0 aliphatic carbocycles. The van der Waals surface area contributed by atoms with Crippen LogP contribution in [0.3, 0.4) is 0 Å². The van der Waals surface area contributed by atoms with E-state index in [4.69, 9.17) is 10.5 Å². The fraction of sp³-hybridized carbons (Fsp3) is 0.250. The van der Waals surface area contributed by atoms with Gasteiger partial charge in [-0.25, -0.2) is 4.98 Å². The third-order valence-electron chi connectivity index (χ3n) is 2.19. The van der Waals surface area contributed by atoms with Crippen LogP contribution in [0.15, 0.2) is 34.5 Å². The third kappa shape index (κ3) is 3.04. The first kappa shape index (κ1) is 12.5. The summed E-state index contributed by atoms with van der Waals surface area (Å²) in [5.74, 6) is 0.828. The van der Waals surface area contributed by atoms with Gasteiger partial charge in [-0.05, 0) is 38.1 Å². The number of ether oxygens (including phenoxy) is 1. The number of anilines is 1. The van der Waals surface area contributed by atoms with Gasteiger partial charge in [0.25, 0.3) is 0 Å². The van der Waals surface area contributed by atoms with Gasteiger partial charge in [0.1, 0.15) is 5.75 Å². The quantitative estimate of drug-likeness (QED) is 0.850. The minimum atomic E-state index is 0.508. The van der Waals surface area contributed by atoms with E-state index in [1.807, 2.05) is 38.1 Å². The average Bonchev–Trinajstić information content (AvgIpc) is 2.67. The number of hydrogen-bond acceptors (Lipinski definition) is 6. The third-order valence-corrected chi connectivity index (χ3v) is 3.06. The largest absolute Gasteiger partial charge is 0.494 e. The van der Waals surface area contributed by atoms with Crippen molar-refractivity contribution < 1.29 is 4.74 Å². The molecule has 0 fully saturated rings. The molecule has 0 unspecified atom stereocenters. The molecule has 0 aliphatic rings. The number of benzene rings is 1. The van der Waals surface area contributed by atoms with Crippen molar-refractivity contribution in [1.82, 2.24) is 4.98 Å². The highest BCUT2D eigenvalue weighted by Gasteiger charge is 2.03. The van der Waals surface area contributed by atoms with Crippen molar-refractivity contribution in [2.24, 2.45) is 10.2 Å². The van der Waals surface area contributed by atoms with E-state index in [-0.39, 0.29) is 0 Å². The smallest absolute Gasteiger partial charge is 0.182 e. The van der Waals surface area contributed by atoms with Crippen molar-refractivity contribution in [3.8, 4) is 5.75 Å². The fourth-order valence-electron chi connectivity index (χ4n) is 1.38. The van der Waals surface area contributed by atoms with Gasteiger partial charge >= 0.3 is 0 Å². The molecule has 0 amide bonds. The first-order chi connectivity index (χ1) is 8.69. The lowest BCUT2D eigenvalue weighted by atomic mass is 10.3. The number of aromatic nitrogens is 1. The van der Waals surface area contributed by atoms with Crippen molar-refractivity contribution in [3.05, 3.63) is 30.0 Å². The maximum atomic E-state index is 5.59. The first-order valence-electron chi connectivity index (χ1n) is 5.56. The van der Waals surface area contributed by atoms with Crippen LogP contribution in [0.2, 0.25) is 0 Å². The van der Waals surface area contributed by atoms with E-state index in [0.717, 1.165) is 22.1 Å². The number of nitrogen functional groups attached to an aromatic ring is 1. The number of thiazole rings is 1. The van der Waals surface area contributed by atoms with Crippen LogP contribution in [0.1, 0.15) is 12.6 Å². The number of aryl methyl sites for hydroxylation is 1. The predicted molar refractivity (Wildman–Crippen MR) is 73.1 cm³/mol. The predicted octanol–water partition coefficient (Wildman–Crippen LogP) is 3.85. The zero-order valence-electron chi connectivity index (χ0n) is 10.3. The highest BCUT2D eigenvalue weighted by molar-refractivity contribution is 7.19. The summed E-state index contributed by atoms with van der Waals surface area (Å²) < 4.78 is 5.35. The van der Waals surface area contributed by atoms with Crippen molar-refractivity contribution in [1.29, 1.82) is 0 Å². The zero-order chi connectivity index (χ0) is 13.0. The van der Waals surface area contributed by atoms with Gasteiger partial charge in [-0.2, -0.15) is 0 Å². The molecule has 2 rings (SSSR count). The van der Waals surface area contributed by atoms with Gasteiger partial charge in [0, 0.05) is 0 Å². The summed E-state index contributed by atoms with van der Waals surface area (Å²) in [5, 5.41) is 9.51. The van der Waals surface area contributed by atoms with Gasteiger partial charge in [-0.15, -0.1) is 10.2 Å². The van der Waals surface area contributed by atoms with E-state index >= 15 is 0 Å². The van der Waals surface area contributed by atoms with Gasteiger partial charge in [-0.3, -0.25) is 0 Å². The van der Waals surface area contributed by atoms with Crippen molar-refractivity contribution >= 4 is 27.2 Å². The Morgan fingerprint density at radius 1 is 1.28 bits per heavy atom. The molecule has 94 valence electrons. The second-order valence-electron chi connectivity index (χ2n) is 3.57. The Labute approximate surface area is 109 Å². The summed E-state index contributed by atoms with van der Waals surface area (Å²) in [6.07, 6.45) is 0. The number of nitrogens with zero attached hydrogens (tertiary/aromatic N) is 3. The topological polar surface area (TPSA) is 72.9 Å². The summed E-state index contributed by atoms with van der Waals surface area (Å²) in [7, 11) is 0. The Morgan fingerprint density at radius 3 is 2.56 bits per heavy atom. The lowest BCUT2D eigenvalue weighted by molar-refractivity contribution is 0.340. The molecule has 1 heterocycles. The molecule has 0 saturated heterocycles. The second kappa shape index (κ2) is 5.59. The lowest BCUT2D eigenvalue weighted by Gasteiger charge is -2.01. The summed E-state index contributed by atoms with van der Waals surface area (Å²) in [4.78, 5) is 4.08. The summed E-state index contributed by atoms with van der Waals surface area (Å²) in [6.45, 7) is 4.46. The van der Waals surface area contributed by atoms with Crippen LogP contribution in [0.25, 0.3) is 0 Å². The summed E-state index contributed by atoms with van der Waals surface area (Å²) >= 11 is 1.33. The summed E-state index contributed by atoms with van der Waals surface area (Å²) in [6, 6.07) is 7.44. The SMILES string of the molecule is CCOc1ccc(N=Nc2sc(N)nc2C)cc1. The standard InChI is InChI=1S/C12H14N4OS/c1-3-17-10-6-4-9(5-7-10)15-16-11-8(2)14-12(13)18-11/h4-7H,3H2,1-2H3,(H2,13,14). The average molecular weight is 262 g/mol. The van der Waals surface area contributed by atoms with Crippen LogP contribution in [-0.4, -0.2) is 11.6 Å². The molecule has 2 N–H and O–H groups in total. The van der Waals surface area contributed by atoms with Crippen LogP contribution < -0.4 is 10.5 Å². The molecule has 1 aromatic carbocycles. The zero-order valence-corrected chi connectivity index (χ0v) is 11.1. The van der Waals surface area contributed by atoms with Crippen LogP contribution in [0, 0.1) is 6.92 Å². The Bertz CT molecular complexity index is 548. The Kier molecular flexibility index (Phi) is 3.88. The van der Waals surface area contributed by atoms with Crippen molar-refractivity contribution in [2.45, 2.75) is 13.8 Å². The molecule has 18 heavy (non-hydrogen) atoms. The maximum Gasteiger partial charge on any atom is 0.182 e. The molecule has 0 aliphatic heterocycles. The van der Waals surface area contributed by atoms with Gasteiger partial charge in [0.15, 0.2) is 10.1 Å². The molecule has 0 bridgehead atoms. The van der Waals surface area contributed by atoms with Crippen LogP contribution in [-0.2, 0) is 0 Å². The number of azo groups is 1. The fourth-order valence-corrected chi connectivity index (χ4v) is 2.04. The molecule has 6 heteroatoms. The van der Waals surface area contributed by atoms with Crippen LogP contribution in [0.4, 0.5) is 15.8 Å². The Morgan fingerprint density at radius 2 is 2.00 bits per heavy atom. The Hall–Kier alpha value is -1.95. The summed E-state index contributed by atoms with van der Waals surface area (Å²) in [5.41, 5.74) is 7.16. The van der Waals surface area contributed by atoms with E-state index in [2.05, 4.69) is 15.2 Å². The van der Waals surface area contributed by atoms with E-state index in [1.165, 1.54) is 11.3 Å². The minimum absolute atomic E-state index is 0.508. The molecular formula is C12H14N4OS.